The van der Waals surface area contributed by atoms with E-state index in [-0.39, 0.29) is 29.4 Å². The topological polar surface area (TPSA) is 83.6 Å². The van der Waals surface area contributed by atoms with Gasteiger partial charge in [0.15, 0.2) is 9.84 Å². The standard InChI is InChI=1S/C13H14N2O4S/c1-15-12(16)10-3-2-8(6-11(10)13(15)17)14-9-4-5-20(18,19)7-9/h2-3,6,9,14H,4-5,7H2,1H3. The molecule has 1 atom stereocenters. The van der Waals surface area contributed by atoms with E-state index >= 15 is 0 Å². The zero-order chi connectivity index (χ0) is 14.5. The summed E-state index contributed by atoms with van der Waals surface area (Å²) in [6.45, 7) is 0. The molecule has 3 rings (SSSR count). The van der Waals surface area contributed by atoms with Gasteiger partial charge in [0.2, 0.25) is 0 Å². The molecule has 1 N–H and O–H groups in total. The van der Waals surface area contributed by atoms with Gasteiger partial charge in [-0.3, -0.25) is 14.5 Å². The second-order valence-corrected chi connectivity index (χ2v) is 7.40. The van der Waals surface area contributed by atoms with E-state index in [2.05, 4.69) is 5.32 Å². The van der Waals surface area contributed by atoms with Crippen molar-refractivity contribution in [2.45, 2.75) is 12.5 Å². The number of imide groups is 1. The molecule has 2 aliphatic heterocycles. The van der Waals surface area contributed by atoms with Crippen molar-refractivity contribution in [2.24, 2.45) is 0 Å². The van der Waals surface area contributed by atoms with E-state index < -0.39 is 9.84 Å². The van der Waals surface area contributed by atoms with Gasteiger partial charge in [-0.05, 0) is 24.6 Å². The predicted octanol–water partition coefficient (Wildman–Crippen LogP) is 0.511. The maximum atomic E-state index is 11.9. The second kappa shape index (κ2) is 4.31. The molecule has 0 bridgehead atoms. The van der Waals surface area contributed by atoms with Crippen LogP contribution in [0.15, 0.2) is 18.2 Å². The molecular weight excluding hydrogens is 280 g/mol. The van der Waals surface area contributed by atoms with Gasteiger partial charge in [0.05, 0.1) is 22.6 Å². The Kier molecular flexibility index (Phi) is 2.82. The smallest absolute Gasteiger partial charge is 0.261 e. The summed E-state index contributed by atoms with van der Waals surface area (Å²) in [5.41, 5.74) is 1.42. The number of fused-ring (bicyclic) bond motifs is 1. The van der Waals surface area contributed by atoms with Gasteiger partial charge in [-0.25, -0.2) is 8.42 Å². The van der Waals surface area contributed by atoms with Crippen molar-refractivity contribution in [3.8, 4) is 0 Å². The molecule has 1 unspecified atom stereocenters. The quantitative estimate of drug-likeness (QED) is 0.804. The number of benzene rings is 1. The fourth-order valence-corrected chi connectivity index (χ4v) is 4.27. The molecule has 2 heterocycles. The minimum Gasteiger partial charge on any atom is -0.381 e. The Morgan fingerprint density at radius 3 is 2.55 bits per heavy atom. The van der Waals surface area contributed by atoms with E-state index in [1.807, 2.05) is 0 Å². The third-order valence-electron chi connectivity index (χ3n) is 3.69. The number of hydrogen-bond acceptors (Lipinski definition) is 5. The maximum Gasteiger partial charge on any atom is 0.261 e. The van der Waals surface area contributed by atoms with Crippen LogP contribution in [0.1, 0.15) is 27.1 Å². The first-order valence-corrected chi connectivity index (χ1v) is 8.13. The van der Waals surface area contributed by atoms with Gasteiger partial charge in [0.1, 0.15) is 0 Å². The molecule has 2 aliphatic rings. The number of rotatable bonds is 2. The molecule has 0 radical (unpaired) electrons. The Labute approximate surface area is 116 Å². The van der Waals surface area contributed by atoms with Gasteiger partial charge in [0, 0.05) is 18.8 Å². The molecular formula is C13H14N2O4S. The third kappa shape index (κ3) is 2.07. The van der Waals surface area contributed by atoms with Gasteiger partial charge in [-0.15, -0.1) is 0 Å². The van der Waals surface area contributed by atoms with Gasteiger partial charge in [-0.2, -0.15) is 0 Å². The van der Waals surface area contributed by atoms with Crippen molar-refractivity contribution >= 4 is 27.3 Å². The van der Waals surface area contributed by atoms with Crippen LogP contribution in [0.5, 0.6) is 0 Å². The number of nitrogens with one attached hydrogen (secondary N) is 1. The fourth-order valence-electron chi connectivity index (χ4n) is 2.60. The highest BCUT2D eigenvalue weighted by Crippen LogP contribution is 2.26. The number of carbonyl (C=O) groups is 2. The summed E-state index contributed by atoms with van der Waals surface area (Å²) in [5, 5.41) is 3.12. The summed E-state index contributed by atoms with van der Waals surface area (Å²) < 4.78 is 22.8. The van der Waals surface area contributed by atoms with E-state index in [9.17, 15) is 18.0 Å². The van der Waals surface area contributed by atoms with Crippen molar-refractivity contribution in [2.75, 3.05) is 23.9 Å². The van der Waals surface area contributed by atoms with Crippen LogP contribution in [0.2, 0.25) is 0 Å². The Hall–Kier alpha value is -1.89. The Balaban J connectivity index is 1.84. The molecule has 2 amide bonds. The predicted molar refractivity (Wildman–Crippen MR) is 73.5 cm³/mol. The summed E-state index contributed by atoms with van der Waals surface area (Å²) in [4.78, 5) is 24.7. The van der Waals surface area contributed by atoms with Crippen LogP contribution in [0.25, 0.3) is 0 Å². The average molecular weight is 294 g/mol. The number of nitrogens with zero attached hydrogens (tertiary/aromatic N) is 1. The Bertz CT molecular complexity index is 711. The summed E-state index contributed by atoms with van der Waals surface area (Å²) in [5.74, 6) is -0.334. The highest BCUT2D eigenvalue weighted by Gasteiger charge is 2.33. The van der Waals surface area contributed by atoms with Gasteiger partial charge < -0.3 is 5.32 Å². The highest BCUT2D eigenvalue weighted by atomic mass is 32.2. The molecule has 6 nitrogen and oxygen atoms in total. The molecule has 106 valence electrons. The Morgan fingerprint density at radius 2 is 1.90 bits per heavy atom. The molecule has 20 heavy (non-hydrogen) atoms. The third-order valence-corrected chi connectivity index (χ3v) is 5.46. The van der Waals surface area contributed by atoms with E-state index in [0.717, 1.165) is 4.90 Å². The first-order chi connectivity index (χ1) is 9.37. The molecule has 0 spiro atoms. The lowest BCUT2D eigenvalue weighted by Gasteiger charge is -2.12. The summed E-state index contributed by atoms with van der Waals surface area (Å²) in [6, 6.07) is 4.78. The lowest BCUT2D eigenvalue weighted by Crippen LogP contribution is -2.24. The normalized spacial score (nSPS) is 24.1. The molecule has 0 aromatic heterocycles. The lowest BCUT2D eigenvalue weighted by atomic mass is 10.1. The van der Waals surface area contributed by atoms with Crippen LogP contribution in [0.4, 0.5) is 5.69 Å². The van der Waals surface area contributed by atoms with Crippen molar-refractivity contribution in [1.29, 1.82) is 0 Å². The maximum absolute atomic E-state index is 11.9. The van der Waals surface area contributed by atoms with Crippen molar-refractivity contribution in [3.05, 3.63) is 29.3 Å². The summed E-state index contributed by atoms with van der Waals surface area (Å²) >= 11 is 0. The number of anilines is 1. The van der Waals surface area contributed by atoms with Gasteiger partial charge >= 0.3 is 0 Å². The van der Waals surface area contributed by atoms with E-state index in [1.165, 1.54) is 7.05 Å². The van der Waals surface area contributed by atoms with Crippen molar-refractivity contribution in [3.63, 3.8) is 0 Å². The van der Waals surface area contributed by atoms with Gasteiger partial charge in [0.25, 0.3) is 11.8 Å². The number of amides is 2. The number of sulfone groups is 1. The van der Waals surface area contributed by atoms with Crippen LogP contribution in [-0.2, 0) is 9.84 Å². The highest BCUT2D eigenvalue weighted by molar-refractivity contribution is 7.91. The molecule has 7 heteroatoms. The number of hydrogen-bond donors (Lipinski definition) is 1. The average Bonchev–Trinajstić information content (AvgIpc) is 2.84. The SMILES string of the molecule is CN1C(=O)c2ccc(NC3CCS(=O)(=O)C3)cc2C1=O. The van der Waals surface area contributed by atoms with E-state index in [1.54, 1.807) is 18.2 Å². The van der Waals surface area contributed by atoms with Crippen LogP contribution in [-0.4, -0.2) is 49.7 Å². The van der Waals surface area contributed by atoms with E-state index in [0.29, 0.717) is 23.2 Å². The largest absolute Gasteiger partial charge is 0.381 e. The zero-order valence-electron chi connectivity index (χ0n) is 10.9. The molecule has 1 aromatic carbocycles. The van der Waals surface area contributed by atoms with Gasteiger partial charge in [-0.1, -0.05) is 0 Å². The molecule has 1 fully saturated rings. The van der Waals surface area contributed by atoms with Crippen LogP contribution >= 0.6 is 0 Å². The van der Waals surface area contributed by atoms with Crippen molar-refractivity contribution < 1.29 is 18.0 Å². The zero-order valence-corrected chi connectivity index (χ0v) is 11.7. The minimum absolute atomic E-state index is 0.108. The fraction of sp³-hybridized carbons (Fsp3) is 0.385. The first-order valence-electron chi connectivity index (χ1n) is 6.31. The van der Waals surface area contributed by atoms with Crippen LogP contribution < -0.4 is 5.32 Å². The van der Waals surface area contributed by atoms with Crippen LogP contribution in [0, 0.1) is 0 Å². The summed E-state index contributed by atoms with van der Waals surface area (Å²) in [7, 11) is -1.50. The molecule has 1 aromatic rings. The monoisotopic (exact) mass is 294 g/mol. The minimum atomic E-state index is -2.95. The summed E-state index contributed by atoms with van der Waals surface area (Å²) in [6.07, 6.45) is 0.562. The molecule has 0 aliphatic carbocycles. The van der Waals surface area contributed by atoms with E-state index in [4.69, 9.17) is 0 Å². The second-order valence-electron chi connectivity index (χ2n) is 5.17. The lowest BCUT2D eigenvalue weighted by molar-refractivity contribution is 0.0693. The first kappa shape index (κ1) is 13.1. The molecule has 1 saturated heterocycles. The molecule has 0 saturated carbocycles. The Morgan fingerprint density at radius 1 is 1.20 bits per heavy atom. The van der Waals surface area contributed by atoms with Crippen LogP contribution in [0.3, 0.4) is 0 Å². The van der Waals surface area contributed by atoms with Crippen molar-refractivity contribution in [1.82, 2.24) is 4.90 Å². The number of carbonyl (C=O) groups excluding carboxylic acids is 2.